The average molecular weight is 733 g/mol. The van der Waals surface area contributed by atoms with Gasteiger partial charge in [0, 0.05) is 10.8 Å². The summed E-state index contributed by atoms with van der Waals surface area (Å²) < 4.78 is 0. The predicted molar refractivity (Wildman–Crippen MR) is 238 cm³/mol. The van der Waals surface area contributed by atoms with Gasteiger partial charge >= 0.3 is 0 Å². The Hall–Kier alpha value is -3.90. The predicted octanol–water partition coefficient (Wildman–Crippen LogP) is 16.0. The summed E-state index contributed by atoms with van der Waals surface area (Å²) in [5, 5.41) is 9.11. The van der Waals surface area contributed by atoms with Crippen molar-refractivity contribution in [2.24, 2.45) is 23.7 Å². The Morgan fingerprint density at radius 2 is 0.607 bits per heavy atom. The third kappa shape index (κ3) is 4.60. The van der Waals surface area contributed by atoms with Crippen LogP contribution in [0.2, 0.25) is 0 Å². The molecule has 0 heteroatoms. The van der Waals surface area contributed by atoms with Gasteiger partial charge in [0.25, 0.3) is 0 Å². The first kappa shape index (κ1) is 34.2. The molecule has 0 unspecified atom stereocenters. The molecule has 4 saturated carbocycles. The summed E-state index contributed by atoms with van der Waals surface area (Å²) in [6.07, 6.45) is 27.8. The van der Waals surface area contributed by atoms with E-state index in [0.29, 0.717) is 0 Å². The van der Waals surface area contributed by atoms with Gasteiger partial charge in [-0.25, -0.2) is 0 Å². The highest BCUT2D eigenvalue weighted by Gasteiger charge is 2.53. The first-order chi connectivity index (χ1) is 27.8. The summed E-state index contributed by atoms with van der Waals surface area (Å²) in [6, 6.07) is 40.4. The minimum atomic E-state index is 0.0993. The molecule has 0 atom stereocenters. The van der Waals surface area contributed by atoms with Gasteiger partial charge in [0.2, 0.25) is 0 Å². The zero-order valence-electron chi connectivity index (χ0n) is 33.7. The Morgan fingerprint density at radius 3 is 0.964 bits per heavy atom. The topological polar surface area (TPSA) is 0 Å². The van der Waals surface area contributed by atoms with Crippen LogP contribution in [0.3, 0.4) is 0 Å². The maximum Gasteiger partial charge on any atom is 0.0271 e. The Balaban J connectivity index is 1.20. The summed E-state index contributed by atoms with van der Waals surface area (Å²) >= 11 is 0. The van der Waals surface area contributed by atoms with E-state index in [1.54, 1.807) is 44.2 Å². The second-order valence-electron chi connectivity index (χ2n) is 19.6. The Bertz CT molecular complexity index is 2260. The molecule has 0 radical (unpaired) electrons. The Kier molecular flexibility index (Phi) is 8.13. The molecular weight excluding hydrogens is 673 g/mol. The molecule has 12 rings (SSSR count). The van der Waals surface area contributed by atoms with E-state index in [1.165, 1.54) is 161 Å². The van der Waals surface area contributed by atoms with Crippen molar-refractivity contribution in [1.29, 1.82) is 0 Å². The van der Waals surface area contributed by atoms with Gasteiger partial charge in [-0.1, -0.05) is 162 Å². The van der Waals surface area contributed by atoms with E-state index >= 15 is 0 Å². The fourth-order valence-electron chi connectivity index (χ4n) is 15.4. The molecule has 0 N–H and O–H groups in total. The standard InChI is InChI=1S/C56H60/c1-5-19-37(20-6-1)55(38-21-7-2-8-22-38)49-31-15-13-27-41(49)47-35-46-44-30-18-34-52-54(44)48(36-45(46)43-29-17-33-51(55)53(43)47)42-28-14-16-32-50(42)56(52,39-23-9-3-10-24-39)40-25-11-4-12-26-40/h13-18,27-40H,1-12,19-26H2. The first-order valence-electron chi connectivity index (χ1n) is 23.5. The molecular formula is C56H60. The number of hydrogen-bond donors (Lipinski definition) is 0. The minimum absolute atomic E-state index is 0.0993. The summed E-state index contributed by atoms with van der Waals surface area (Å²) in [4.78, 5) is 0. The molecule has 0 saturated heterocycles. The summed E-state index contributed by atoms with van der Waals surface area (Å²) in [5.74, 6) is 2.87. The zero-order valence-corrected chi connectivity index (χ0v) is 33.7. The molecule has 0 nitrogen and oxygen atoms in total. The van der Waals surface area contributed by atoms with Gasteiger partial charge in [0.15, 0.2) is 0 Å². The normalized spacial score (nSPS) is 22.6. The summed E-state index contributed by atoms with van der Waals surface area (Å²) in [7, 11) is 0. The largest absolute Gasteiger partial charge is 0.0619 e. The Labute approximate surface area is 335 Å². The molecule has 4 fully saturated rings. The van der Waals surface area contributed by atoms with Crippen molar-refractivity contribution in [1.82, 2.24) is 0 Å². The first-order valence-corrected chi connectivity index (χ1v) is 23.5. The lowest BCUT2D eigenvalue weighted by molar-refractivity contribution is 0.135. The highest BCUT2D eigenvalue weighted by atomic mass is 14.6. The molecule has 0 bridgehead atoms. The van der Waals surface area contributed by atoms with E-state index in [2.05, 4.69) is 97.1 Å². The van der Waals surface area contributed by atoms with Crippen LogP contribution >= 0.6 is 0 Å². The van der Waals surface area contributed by atoms with Crippen LogP contribution in [0.4, 0.5) is 0 Å². The van der Waals surface area contributed by atoms with Crippen molar-refractivity contribution in [3.05, 3.63) is 119 Å². The van der Waals surface area contributed by atoms with Crippen LogP contribution in [0.25, 0.3) is 54.6 Å². The van der Waals surface area contributed by atoms with Crippen molar-refractivity contribution < 1.29 is 0 Å². The fraction of sp³-hybridized carbons (Fsp3) is 0.464. The van der Waals surface area contributed by atoms with E-state index in [9.17, 15) is 0 Å². The lowest BCUT2D eigenvalue weighted by Gasteiger charge is -2.53. The van der Waals surface area contributed by atoms with Crippen molar-refractivity contribution >= 4 is 32.3 Å². The van der Waals surface area contributed by atoms with Crippen LogP contribution in [0.15, 0.2) is 97.1 Å². The third-order valence-corrected chi connectivity index (χ3v) is 17.3. The zero-order chi connectivity index (χ0) is 36.8. The van der Waals surface area contributed by atoms with Gasteiger partial charge in [-0.05, 0) is 164 Å². The van der Waals surface area contributed by atoms with Crippen LogP contribution in [0.1, 0.15) is 151 Å². The molecule has 6 aromatic rings. The molecule has 0 aliphatic heterocycles. The van der Waals surface area contributed by atoms with Crippen LogP contribution in [0.5, 0.6) is 0 Å². The van der Waals surface area contributed by atoms with Gasteiger partial charge in [0.1, 0.15) is 0 Å². The van der Waals surface area contributed by atoms with Gasteiger partial charge in [-0.15, -0.1) is 0 Å². The van der Waals surface area contributed by atoms with E-state index in [4.69, 9.17) is 0 Å². The molecule has 0 heterocycles. The lowest BCUT2D eigenvalue weighted by atomic mass is 9.50. The van der Waals surface area contributed by atoms with E-state index in [-0.39, 0.29) is 10.8 Å². The van der Waals surface area contributed by atoms with Crippen molar-refractivity contribution in [2.45, 2.75) is 139 Å². The molecule has 56 heavy (non-hydrogen) atoms. The molecule has 6 aliphatic rings. The Morgan fingerprint density at radius 1 is 0.286 bits per heavy atom. The van der Waals surface area contributed by atoms with Crippen LogP contribution in [-0.4, -0.2) is 0 Å². The van der Waals surface area contributed by atoms with Gasteiger partial charge < -0.3 is 0 Å². The van der Waals surface area contributed by atoms with Gasteiger partial charge in [-0.3, -0.25) is 0 Å². The van der Waals surface area contributed by atoms with Gasteiger partial charge in [0.05, 0.1) is 0 Å². The molecule has 6 aliphatic carbocycles. The monoisotopic (exact) mass is 732 g/mol. The minimum Gasteiger partial charge on any atom is -0.0619 e. The second-order valence-corrected chi connectivity index (χ2v) is 19.6. The average Bonchev–Trinajstić information content (AvgIpc) is 3.28. The highest BCUT2D eigenvalue weighted by Crippen LogP contribution is 2.64. The second kappa shape index (κ2) is 13.3. The fourth-order valence-corrected chi connectivity index (χ4v) is 15.4. The molecule has 0 amide bonds. The lowest BCUT2D eigenvalue weighted by Crippen LogP contribution is -2.47. The third-order valence-electron chi connectivity index (χ3n) is 17.3. The number of fused-ring (bicyclic) bond motifs is 7. The van der Waals surface area contributed by atoms with E-state index < -0.39 is 0 Å². The summed E-state index contributed by atoms with van der Waals surface area (Å²) in [5.41, 5.74) is 13.0. The highest BCUT2D eigenvalue weighted by molar-refractivity contribution is 6.26. The van der Waals surface area contributed by atoms with Crippen molar-refractivity contribution in [2.75, 3.05) is 0 Å². The quantitative estimate of drug-likeness (QED) is 0.158. The number of benzene rings is 6. The van der Waals surface area contributed by atoms with E-state index in [0.717, 1.165) is 23.7 Å². The van der Waals surface area contributed by atoms with Crippen molar-refractivity contribution in [3.63, 3.8) is 0 Å². The SMILES string of the molecule is c1ccc2c(c1)-c1cc3c4cccc5c4c(cc3c3cccc(c13)C2(C1CCCCC1)C1CCCCC1)-c1ccccc1C5(C1CCCCC1)C1CCCCC1. The van der Waals surface area contributed by atoms with E-state index in [1.807, 2.05) is 0 Å². The number of hydrogen-bond acceptors (Lipinski definition) is 0. The van der Waals surface area contributed by atoms with Crippen molar-refractivity contribution in [3.8, 4) is 22.3 Å². The summed E-state index contributed by atoms with van der Waals surface area (Å²) in [6.45, 7) is 0. The maximum absolute atomic E-state index is 2.71. The van der Waals surface area contributed by atoms with Crippen LogP contribution in [0, 0.1) is 23.7 Å². The molecule has 0 spiro atoms. The smallest absolute Gasteiger partial charge is 0.0271 e. The van der Waals surface area contributed by atoms with Gasteiger partial charge in [-0.2, -0.15) is 0 Å². The molecule has 0 aromatic heterocycles. The molecule has 6 aromatic carbocycles. The van der Waals surface area contributed by atoms with Crippen LogP contribution in [-0.2, 0) is 10.8 Å². The number of rotatable bonds is 4. The maximum atomic E-state index is 2.71. The van der Waals surface area contributed by atoms with Crippen LogP contribution < -0.4 is 0 Å². The molecule has 284 valence electrons.